The van der Waals surface area contributed by atoms with E-state index in [-0.39, 0.29) is 19.5 Å². The van der Waals surface area contributed by atoms with Crippen molar-refractivity contribution >= 4 is 17.9 Å². The van der Waals surface area contributed by atoms with Gasteiger partial charge in [-0.2, -0.15) is 0 Å². The number of aliphatic hydroxyl groups excluding tert-OH is 7. The van der Waals surface area contributed by atoms with E-state index in [1.54, 1.807) is 0 Å². The van der Waals surface area contributed by atoms with Crippen LogP contribution in [0.3, 0.4) is 0 Å². The van der Waals surface area contributed by atoms with Crippen LogP contribution >= 0.6 is 0 Å². The molecule has 0 bridgehead atoms. The fraction of sp³-hybridized carbons (Fsp3) is 0.833. The zero-order valence-corrected chi connectivity index (χ0v) is 21.5. The first-order chi connectivity index (χ1) is 16.2. The molecule has 2 fully saturated rings. The number of esters is 1. The summed E-state index contributed by atoms with van der Waals surface area (Å²) in [6, 6.07) is 0. The van der Waals surface area contributed by atoms with E-state index in [4.69, 9.17) is 18.9 Å². The molecular formula is C18H26O17Zn. The SMILES string of the molecule is O=C([O-])CC(O)(CC(=O)O[C@H]1[C@H](O[C@H]2[C@H](O)[C@@H](O)[C@H](O)O[C@@H]2CO)O[C@H](CO)[C@H](O)[C@@H]1O)C(=O)[O-].[Zn+2]. The Kier molecular flexibility index (Phi) is 12.1. The molecule has 17 nitrogen and oxygen atoms in total. The number of carboxylic acids is 2. The van der Waals surface area contributed by atoms with Crippen LogP contribution in [0.2, 0.25) is 0 Å². The van der Waals surface area contributed by atoms with E-state index in [1.807, 2.05) is 0 Å². The van der Waals surface area contributed by atoms with Crippen LogP contribution in [0.25, 0.3) is 0 Å². The van der Waals surface area contributed by atoms with E-state index in [0.717, 1.165) is 0 Å². The van der Waals surface area contributed by atoms with Gasteiger partial charge in [-0.1, -0.05) is 0 Å². The van der Waals surface area contributed by atoms with Crippen molar-refractivity contribution in [3.05, 3.63) is 0 Å². The predicted octanol–water partition coefficient (Wildman–Crippen LogP) is -8.84. The van der Waals surface area contributed by atoms with Crippen LogP contribution in [0, 0.1) is 0 Å². The molecule has 11 atom stereocenters. The van der Waals surface area contributed by atoms with Gasteiger partial charge in [-0.15, -0.1) is 0 Å². The maximum atomic E-state index is 12.3. The Morgan fingerprint density at radius 1 is 0.806 bits per heavy atom. The van der Waals surface area contributed by atoms with Crippen molar-refractivity contribution in [2.75, 3.05) is 13.2 Å². The Morgan fingerprint density at radius 3 is 1.86 bits per heavy atom. The number of carbonyl (C=O) groups excluding carboxylic acids is 3. The first kappa shape index (κ1) is 32.6. The molecule has 2 heterocycles. The molecule has 0 aromatic heterocycles. The van der Waals surface area contributed by atoms with Gasteiger partial charge >= 0.3 is 25.4 Å². The minimum absolute atomic E-state index is 0. The molecule has 2 saturated heterocycles. The fourth-order valence-corrected chi connectivity index (χ4v) is 3.56. The average Bonchev–Trinajstić information content (AvgIpc) is 2.77. The third-order valence-corrected chi connectivity index (χ3v) is 5.48. The molecule has 0 saturated carbocycles. The van der Waals surface area contributed by atoms with Gasteiger partial charge in [0.05, 0.1) is 25.6 Å². The van der Waals surface area contributed by atoms with E-state index in [9.17, 15) is 65.4 Å². The number of rotatable bonds is 10. The van der Waals surface area contributed by atoms with Gasteiger partial charge in [0, 0.05) is 12.4 Å². The van der Waals surface area contributed by atoms with Gasteiger partial charge in [-0.25, -0.2) is 0 Å². The Bertz CT molecular complexity index is 766. The van der Waals surface area contributed by atoms with Crippen LogP contribution in [0.15, 0.2) is 0 Å². The van der Waals surface area contributed by atoms with Gasteiger partial charge in [-0.3, -0.25) is 4.79 Å². The summed E-state index contributed by atoms with van der Waals surface area (Å²) in [5, 5.41) is 101. The minimum atomic E-state index is -3.27. The molecule has 202 valence electrons. The molecule has 0 aliphatic carbocycles. The summed E-state index contributed by atoms with van der Waals surface area (Å²) < 4.78 is 20.4. The minimum Gasteiger partial charge on any atom is -0.550 e. The third-order valence-electron chi connectivity index (χ3n) is 5.48. The maximum absolute atomic E-state index is 12.3. The summed E-state index contributed by atoms with van der Waals surface area (Å²) in [6.07, 6.45) is -21.7. The molecule has 0 amide bonds. The van der Waals surface area contributed by atoms with E-state index in [1.165, 1.54) is 0 Å². The molecule has 2 rings (SSSR count). The Hall–Kier alpha value is -1.41. The first-order valence-corrected chi connectivity index (χ1v) is 10.2. The van der Waals surface area contributed by atoms with Gasteiger partial charge in [0.25, 0.3) is 0 Å². The smallest absolute Gasteiger partial charge is 0.550 e. The van der Waals surface area contributed by atoms with Crippen LogP contribution < -0.4 is 10.2 Å². The quantitative estimate of drug-likeness (QED) is 0.0879. The van der Waals surface area contributed by atoms with E-state index in [0.29, 0.717) is 0 Å². The summed E-state index contributed by atoms with van der Waals surface area (Å²) >= 11 is 0. The second-order valence-electron chi connectivity index (χ2n) is 8.04. The molecule has 1 unspecified atom stereocenters. The molecule has 2 aliphatic rings. The summed E-state index contributed by atoms with van der Waals surface area (Å²) in [7, 11) is 0. The van der Waals surface area contributed by atoms with Crippen LogP contribution in [0.4, 0.5) is 0 Å². The van der Waals surface area contributed by atoms with Crippen molar-refractivity contribution in [1.82, 2.24) is 0 Å². The van der Waals surface area contributed by atoms with Crippen molar-refractivity contribution < 1.29 is 104 Å². The third kappa shape index (κ3) is 7.34. The molecule has 36 heavy (non-hydrogen) atoms. The number of aliphatic carboxylic acids is 2. The van der Waals surface area contributed by atoms with Crippen LogP contribution in [-0.2, 0) is 52.8 Å². The summed E-state index contributed by atoms with van der Waals surface area (Å²) in [4.78, 5) is 34.2. The second kappa shape index (κ2) is 13.4. The predicted molar refractivity (Wildman–Crippen MR) is 96.7 cm³/mol. The number of hydrogen-bond donors (Lipinski definition) is 8. The van der Waals surface area contributed by atoms with Gasteiger partial charge in [0.15, 0.2) is 18.7 Å². The second-order valence-corrected chi connectivity index (χ2v) is 8.04. The van der Waals surface area contributed by atoms with Crippen molar-refractivity contribution in [1.29, 1.82) is 0 Å². The molecule has 0 spiro atoms. The Morgan fingerprint density at radius 2 is 1.36 bits per heavy atom. The number of ether oxygens (including phenoxy) is 4. The van der Waals surface area contributed by atoms with Crippen molar-refractivity contribution in [3.63, 3.8) is 0 Å². The monoisotopic (exact) mass is 578 g/mol. The van der Waals surface area contributed by atoms with Crippen molar-refractivity contribution in [3.8, 4) is 0 Å². The number of hydrogen-bond acceptors (Lipinski definition) is 17. The summed E-state index contributed by atoms with van der Waals surface area (Å²) in [6.45, 7) is -1.78. The standard InChI is InChI=1S/C18H28O17.Zn/c19-3-5-9(24)10(25)14(34-8(23)2-18(31,17(29)30)1-7(21)22)16(33-5)35-13-6(4-20)32-15(28)12(27)11(13)26;/h5-6,9-16,19-20,24-28,31H,1-4H2,(H,21,22)(H,29,30);/q;+2/p-2/t5-,6-,9+,10+,11-,12-,13-,14-,15-,16+,18?;/m1./s1. The van der Waals surface area contributed by atoms with E-state index < -0.39 is 111 Å². The average molecular weight is 580 g/mol. The molecule has 18 heteroatoms. The molecule has 0 aromatic carbocycles. The van der Waals surface area contributed by atoms with Gasteiger partial charge in [0.2, 0.25) is 0 Å². The van der Waals surface area contributed by atoms with E-state index >= 15 is 0 Å². The number of carboxylic acid groups (broad SMARTS) is 2. The van der Waals surface area contributed by atoms with E-state index in [2.05, 4.69) is 0 Å². The zero-order valence-electron chi connectivity index (χ0n) is 18.6. The van der Waals surface area contributed by atoms with Gasteiger partial charge < -0.3 is 79.6 Å². The molecule has 2 aliphatic heterocycles. The normalized spacial score (nSPS) is 38.3. The Labute approximate surface area is 215 Å². The first-order valence-electron chi connectivity index (χ1n) is 10.2. The zero-order chi connectivity index (χ0) is 26.7. The number of carbonyl (C=O) groups is 3. The van der Waals surface area contributed by atoms with Crippen LogP contribution in [-0.4, -0.2) is 139 Å². The summed E-state index contributed by atoms with van der Waals surface area (Å²) in [5.41, 5.74) is -3.27. The maximum Gasteiger partial charge on any atom is 2.00 e. The summed E-state index contributed by atoms with van der Waals surface area (Å²) in [5.74, 6) is -6.04. The molecule has 0 aromatic rings. The van der Waals surface area contributed by atoms with Crippen LogP contribution in [0.1, 0.15) is 12.8 Å². The fourth-order valence-electron chi connectivity index (χ4n) is 3.56. The molecular weight excluding hydrogens is 554 g/mol. The number of aliphatic hydroxyl groups is 8. The van der Waals surface area contributed by atoms with Gasteiger partial charge in [0.1, 0.15) is 48.3 Å². The topological polar surface area (TPSA) is 296 Å². The van der Waals surface area contributed by atoms with Crippen molar-refractivity contribution in [2.45, 2.75) is 79.9 Å². The largest absolute Gasteiger partial charge is 2.00 e. The van der Waals surface area contributed by atoms with Crippen molar-refractivity contribution in [2.24, 2.45) is 0 Å². The van der Waals surface area contributed by atoms with Crippen LogP contribution in [0.5, 0.6) is 0 Å². The molecule has 8 N–H and O–H groups in total. The van der Waals surface area contributed by atoms with Gasteiger partial charge in [-0.05, 0) is 0 Å². The Balaban J connectivity index is 0.00000648. The molecule has 0 radical (unpaired) electrons.